The minimum absolute atomic E-state index is 0.313. The SMILES string of the molecule is CN=CCOC(C)C. The van der Waals surface area contributed by atoms with Gasteiger partial charge in [0.05, 0.1) is 12.7 Å². The number of hydrogen-bond donors (Lipinski definition) is 0. The van der Waals surface area contributed by atoms with Gasteiger partial charge in [-0.1, -0.05) is 0 Å². The van der Waals surface area contributed by atoms with Gasteiger partial charge in [-0.2, -0.15) is 0 Å². The first-order chi connectivity index (χ1) is 3.77. The van der Waals surface area contributed by atoms with Gasteiger partial charge < -0.3 is 4.74 Å². The van der Waals surface area contributed by atoms with E-state index in [4.69, 9.17) is 4.74 Å². The maximum Gasteiger partial charge on any atom is 0.0817 e. The lowest BCUT2D eigenvalue weighted by molar-refractivity contribution is 0.113. The van der Waals surface area contributed by atoms with Crippen LogP contribution in [0.5, 0.6) is 0 Å². The molecule has 0 unspecified atom stereocenters. The Morgan fingerprint density at radius 2 is 2.25 bits per heavy atom. The molecule has 0 saturated heterocycles. The highest BCUT2D eigenvalue weighted by molar-refractivity contribution is 5.58. The summed E-state index contributed by atoms with van der Waals surface area (Å²) in [4.78, 5) is 3.76. The molecule has 0 aromatic carbocycles. The van der Waals surface area contributed by atoms with Gasteiger partial charge in [0, 0.05) is 13.3 Å². The van der Waals surface area contributed by atoms with Crippen molar-refractivity contribution in [3.05, 3.63) is 0 Å². The summed E-state index contributed by atoms with van der Waals surface area (Å²) < 4.78 is 5.13. The van der Waals surface area contributed by atoms with E-state index in [2.05, 4.69) is 4.99 Å². The number of ether oxygens (including phenoxy) is 1. The lowest BCUT2D eigenvalue weighted by atomic mass is 10.5. The van der Waals surface area contributed by atoms with Crippen LogP contribution in [0, 0.1) is 0 Å². The maximum absolute atomic E-state index is 5.13. The van der Waals surface area contributed by atoms with Crippen molar-refractivity contribution < 1.29 is 4.74 Å². The van der Waals surface area contributed by atoms with Crippen LogP contribution in [0.1, 0.15) is 13.8 Å². The topological polar surface area (TPSA) is 21.6 Å². The molecule has 8 heavy (non-hydrogen) atoms. The van der Waals surface area contributed by atoms with Crippen LogP contribution < -0.4 is 0 Å². The fraction of sp³-hybridized carbons (Fsp3) is 0.833. The molecule has 0 N–H and O–H groups in total. The van der Waals surface area contributed by atoms with E-state index in [9.17, 15) is 0 Å². The Morgan fingerprint density at radius 3 is 2.62 bits per heavy atom. The van der Waals surface area contributed by atoms with E-state index in [0.29, 0.717) is 12.7 Å². The third-order valence-corrected chi connectivity index (χ3v) is 0.687. The molecule has 0 amide bonds. The zero-order chi connectivity index (χ0) is 6.41. The molecule has 0 radical (unpaired) electrons. The molecule has 0 spiro atoms. The zero-order valence-electron chi connectivity index (χ0n) is 5.72. The lowest BCUT2D eigenvalue weighted by Crippen LogP contribution is -2.03. The first-order valence-corrected chi connectivity index (χ1v) is 2.79. The smallest absolute Gasteiger partial charge is 0.0817 e. The normalized spacial score (nSPS) is 11.5. The van der Waals surface area contributed by atoms with Crippen LogP contribution in [0.25, 0.3) is 0 Å². The van der Waals surface area contributed by atoms with Crippen molar-refractivity contribution in [1.82, 2.24) is 0 Å². The Labute approximate surface area is 50.6 Å². The average molecular weight is 115 g/mol. The standard InChI is InChI=1S/C6H13NO/c1-6(2)8-5-4-7-3/h4,6H,5H2,1-3H3. The molecule has 0 aromatic heterocycles. The van der Waals surface area contributed by atoms with Crippen LogP contribution in [0.4, 0.5) is 0 Å². The Morgan fingerprint density at radius 1 is 1.62 bits per heavy atom. The van der Waals surface area contributed by atoms with Crippen molar-refractivity contribution in [2.75, 3.05) is 13.7 Å². The van der Waals surface area contributed by atoms with Gasteiger partial charge in [-0.25, -0.2) is 0 Å². The van der Waals surface area contributed by atoms with E-state index in [-0.39, 0.29) is 0 Å². The zero-order valence-corrected chi connectivity index (χ0v) is 5.72. The third-order valence-electron chi connectivity index (χ3n) is 0.687. The molecule has 0 aromatic rings. The highest BCUT2D eigenvalue weighted by Crippen LogP contribution is 1.83. The summed E-state index contributed by atoms with van der Waals surface area (Å²) in [6.45, 7) is 4.64. The predicted molar refractivity (Wildman–Crippen MR) is 35.5 cm³/mol. The number of rotatable bonds is 3. The average Bonchev–Trinajstić information content (AvgIpc) is 1.66. The lowest BCUT2D eigenvalue weighted by Gasteiger charge is -2.01. The molecule has 2 nitrogen and oxygen atoms in total. The summed E-state index contributed by atoms with van der Waals surface area (Å²) in [6, 6.07) is 0. The van der Waals surface area contributed by atoms with Crippen LogP contribution in [0.15, 0.2) is 4.99 Å². The summed E-state index contributed by atoms with van der Waals surface area (Å²) in [5.74, 6) is 0. The molecule has 0 saturated carbocycles. The Kier molecular flexibility index (Phi) is 4.56. The molecule has 2 heteroatoms. The Balaban J connectivity index is 2.93. The number of aliphatic imine (C=N–C) groups is 1. The Bertz CT molecular complexity index is 68.9. The molecule has 0 aliphatic rings. The van der Waals surface area contributed by atoms with Gasteiger partial charge in [0.15, 0.2) is 0 Å². The van der Waals surface area contributed by atoms with Crippen molar-refractivity contribution >= 4 is 6.21 Å². The molecule has 0 heterocycles. The monoisotopic (exact) mass is 115 g/mol. The van der Waals surface area contributed by atoms with Crippen LogP contribution in [0.3, 0.4) is 0 Å². The van der Waals surface area contributed by atoms with Gasteiger partial charge in [-0.05, 0) is 13.8 Å². The second kappa shape index (κ2) is 4.78. The highest BCUT2D eigenvalue weighted by atomic mass is 16.5. The van der Waals surface area contributed by atoms with Crippen LogP contribution >= 0.6 is 0 Å². The van der Waals surface area contributed by atoms with E-state index >= 15 is 0 Å². The second-order valence-corrected chi connectivity index (χ2v) is 1.82. The summed E-state index contributed by atoms with van der Waals surface area (Å²) in [5, 5.41) is 0. The van der Waals surface area contributed by atoms with E-state index < -0.39 is 0 Å². The molecular formula is C6H13NO. The van der Waals surface area contributed by atoms with Gasteiger partial charge in [-0.15, -0.1) is 0 Å². The van der Waals surface area contributed by atoms with E-state index in [0.717, 1.165) is 0 Å². The van der Waals surface area contributed by atoms with Crippen molar-refractivity contribution in [1.29, 1.82) is 0 Å². The summed E-state index contributed by atoms with van der Waals surface area (Å²) in [6.07, 6.45) is 2.06. The Hall–Kier alpha value is -0.370. The fourth-order valence-electron chi connectivity index (χ4n) is 0.310. The molecule has 0 atom stereocenters. The molecule has 0 aliphatic carbocycles. The van der Waals surface area contributed by atoms with Crippen molar-refractivity contribution in [3.8, 4) is 0 Å². The summed E-state index contributed by atoms with van der Waals surface area (Å²) >= 11 is 0. The fourth-order valence-corrected chi connectivity index (χ4v) is 0.310. The molecular weight excluding hydrogens is 102 g/mol. The summed E-state index contributed by atoms with van der Waals surface area (Å²) in [5.41, 5.74) is 0. The number of nitrogens with zero attached hydrogens (tertiary/aromatic N) is 1. The number of hydrogen-bond acceptors (Lipinski definition) is 2. The first kappa shape index (κ1) is 7.63. The van der Waals surface area contributed by atoms with Crippen molar-refractivity contribution in [2.45, 2.75) is 20.0 Å². The van der Waals surface area contributed by atoms with Gasteiger partial charge in [0.2, 0.25) is 0 Å². The second-order valence-electron chi connectivity index (χ2n) is 1.82. The van der Waals surface area contributed by atoms with E-state index in [1.165, 1.54) is 0 Å². The summed E-state index contributed by atoms with van der Waals surface area (Å²) in [7, 11) is 1.74. The van der Waals surface area contributed by atoms with E-state index in [1.807, 2.05) is 13.8 Å². The first-order valence-electron chi connectivity index (χ1n) is 2.79. The molecule has 0 aliphatic heterocycles. The molecule has 48 valence electrons. The van der Waals surface area contributed by atoms with E-state index in [1.54, 1.807) is 13.3 Å². The molecule has 0 rings (SSSR count). The van der Waals surface area contributed by atoms with Gasteiger partial charge >= 0.3 is 0 Å². The van der Waals surface area contributed by atoms with Gasteiger partial charge in [0.1, 0.15) is 0 Å². The largest absolute Gasteiger partial charge is 0.373 e. The van der Waals surface area contributed by atoms with Crippen LogP contribution in [-0.4, -0.2) is 26.0 Å². The minimum Gasteiger partial charge on any atom is -0.373 e. The molecule has 0 fully saturated rings. The maximum atomic E-state index is 5.13. The van der Waals surface area contributed by atoms with Gasteiger partial charge in [0.25, 0.3) is 0 Å². The predicted octanol–water partition coefficient (Wildman–Crippen LogP) is 1.11. The van der Waals surface area contributed by atoms with Crippen LogP contribution in [-0.2, 0) is 4.74 Å². The van der Waals surface area contributed by atoms with Crippen LogP contribution in [0.2, 0.25) is 0 Å². The molecule has 0 bridgehead atoms. The highest BCUT2D eigenvalue weighted by Gasteiger charge is 1.86. The third kappa shape index (κ3) is 5.63. The van der Waals surface area contributed by atoms with Gasteiger partial charge in [-0.3, -0.25) is 4.99 Å². The van der Waals surface area contributed by atoms with Crippen molar-refractivity contribution in [2.24, 2.45) is 4.99 Å². The van der Waals surface area contributed by atoms with Crippen molar-refractivity contribution in [3.63, 3.8) is 0 Å². The minimum atomic E-state index is 0.313. The quantitative estimate of drug-likeness (QED) is 0.505.